The van der Waals surface area contributed by atoms with Crippen molar-refractivity contribution in [1.29, 1.82) is 0 Å². The van der Waals surface area contributed by atoms with Crippen LogP contribution in [0.2, 0.25) is 0 Å². The number of aryl methyl sites for hydroxylation is 1. The van der Waals surface area contributed by atoms with Crippen LogP contribution in [0.4, 0.5) is 10.1 Å². The molecule has 6 nitrogen and oxygen atoms in total. The van der Waals surface area contributed by atoms with E-state index in [0.717, 1.165) is 29.7 Å². The first-order chi connectivity index (χ1) is 13.1. The predicted molar refractivity (Wildman–Crippen MR) is 102 cm³/mol. The Morgan fingerprint density at radius 3 is 2.44 bits per heavy atom. The number of nitrogens with zero attached hydrogens (tertiary/aromatic N) is 4. The van der Waals surface area contributed by atoms with Crippen molar-refractivity contribution >= 4 is 22.5 Å². The lowest BCUT2D eigenvalue weighted by Gasteiger charge is -2.36. The van der Waals surface area contributed by atoms with Gasteiger partial charge in [-0.2, -0.15) is 5.10 Å². The number of ether oxygens (including phenoxy) is 1. The highest BCUT2D eigenvalue weighted by Gasteiger charge is 2.23. The van der Waals surface area contributed by atoms with Gasteiger partial charge in [-0.25, -0.2) is 9.07 Å². The fourth-order valence-corrected chi connectivity index (χ4v) is 3.55. The van der Waals surface area contributed by atoms with Gasteiger partial charge in [0.2, 0.25) is 5.88 Å². The number of anilines is 1. The lowest BCUT2D eigenvalue weighted by Crippen LogP contribution is -2.48. The quantitative estimate of drug-likeness (QED) is 0.713. The second kappa shape index (κ2) is 6.90. The number of benzene rings is 2. The van der Waals surface area contributed by atoms with E-state index in [-0.39, 0.29) is 11.7 Å². The van der Waals surface area contributed by atoms with E-state index in [1.54, 1.807) is 23.9 Å². The Morgan fingerprint density at radius 2 is 1.78 bits per heavy atom. The van der Waals surface area contributed by atoms with Gasteiger partial charge in [0.05, 0.1) is 18.0 Å². The van der Waals surface area contributed by atoms with Gasteiger partial charge in [0.15, 0.2) is 0 Å². The fraction of sp³-hybridized carbons (Fsp3) is 0.300. The van der Waals surface area contributed by atoms with Gasteiger partial charge in [0.25, 0.3) is 5.91 Å². The van der Waals surface area contributed by atoms with Crippen LogP contribution >= 0.6 is 0 Å². The molecule has 27 heavy (non-hydrogen) atoms. The van der Waals surface area contributed by atoms with Gasteiger partial charge in [0.1, 0.15) is 5.82 Å². The molecule has 0 atom stereocenters. The molecule has 7 heteroatoms. The summed E-state index contributed by atoms with van der Waals surface area (Å²) in [6.45, 7) is 2.69. The maximum absolute atomic E-state index is 13.1. The number of carbonyl (C=O) groups is 1. The number of amides is 1. The molecule has 0 saturated carbocycles. The highest BCUT2D eigenvalue weighted by Crippen LogP contribution is 2.26. The number of halogens is 1. The van der Waals surface area contributed by atoms with Crippen LogP contribution in [0.1, 0.15) is 10.4 Å². The van der Waals surface area contributed by atoms with E-state index in [1.807, 2.05) is 30.1 Å². The number of rotatable bonds is 3. The van der Waals surface area contributed by atoms with Crippen molar-refractivity contribution in [2.24, 2.45) is 7.05 Å². The maximum Gasteiger partial charge on any atom is 0.254 e. The first-order valence-electron chi connectivity index (χ1n) is 8.87. The average Bonchev–Trinajstić information content (AvgIpc) is 3.02. The van der Waals surface area contributed by atoms with Gasteiger partial charge in [-0.1, -0.05) is 0 Å². The molecule has 0 N–H and O–H groups in total. The summed E-state index contributed by atoms with van der Waals surface area (Å²) in [5.41, 5.74) is 2.34. The topological polar surface area (TPSA) is 50.6 Å². The summed E-state index contributed by atoms with van der Waals surface area (Å²) in [5, 5.41) is 5.30. The Balaban J connectivity index is 1.47. The van der Waals surface area contributed by atoms with E-state index in [9.17, 15) is 9.18 Å². The summed E-state index contributed by atoms with van der Waals surface area (Å²) in [7, 11) is 3.42. The molecule has 1 saturated heterocycles. The summed E-state index contributed by atoms with van der Waals surface area (Å²) in [6, 6.07) is 12.0. The van der Waals surface area contributed by atoms with Crippen molar-refractivity contribution in [2.75, 3.05) is 38.2 Å². The second-order valence-corrected chi connectivity index (χ2v) is 6.62. The summed E-state index contributed by atoms with van der Waals surface area (Å²) in [5.74, 6) is 0.436. The normalized spacial score (nSPS) is 14.6. The number of piperazine rings is 1. The second-order valence-electron chi connectivity index (χ2n) is 6.62. The van der Waals surface area contributed by atoms with Gasteiger partial charge in [-0.05, 0) is 42.5 Å². The van der Waals surface area contributed by atoms with Gasteiger partial charge < -0.3 is 14.5 Å². The van der Waals surface area contributed by atoms with Crippen LogP contribution in [0.15, 0.2) is 42.5 Å². The summed E-state index contributed by atoms with van der Waals surface area (Å²) >= 11 is 0. The third kappa shape index (κ3) is 3.20. The van der Waals surface area contributed by atoms with Crippen molar-refractivity contribution in [2.45, 2.75) is 0 Å². The fourth-order valence-electron chi connectivity index (χ4n) is 3.55. The zero-order valence-corrected chi connectivity index (χ0v) is 15.4. The zero-order valence-electron chi connectivity index (χ0n) is 15.4. The number of carbonyl (C=O) groups excluding carboxylic acids is 1. The van der Waals surface area contributed by atoms with Crippen molar-refractivity contribution < 1.29 is 13.9 Å². The molecular formula is C20H21FN4O2. The number of methoxy groups -OCH3 is 1. The molecule has 4 rings (SSSR count). The van der Waals surface area contributed by atoms with E-state index in [2.05, 4.69) is 10.00 Å². The molecular weight excluding hydrogens is 347 g/mol. The molecule has 0 spiro atoms. The van der Waals surface area contributed by atoms with Crippen LogP contribution in [0, 0.1) is 5.82 Å². The van der Waals surface area contributed by atoms with Crippen LogP contribution in [-0.2, 0) is 7.05 Å². The minimum absolute atomic E-state index is 0.000256. The Hall–Kier alpha value is -3.09. The lowest BCUT2D eigenvalue weighted by molar-refractivity contribution is 0.0747. The molecule has 0 unspecified atom stereocenters. The number of fused-ring (bicyclic) bond motifs is 1. The molecule has 3 aromatic rings. The number of hydrogen-bond acceptors (Lipinski definition) is 4. The molecule has 0 radical (unpaired) electrons. The molecule has 1 fully saturated rings. The van der Waals surface area contributed by atoms with Gasteiger partial charge >= 0.3 is 0 Å². The Morgan fingerprint density at radius 1 is 1.07 bits per heavy atom. The molecule has 1 aliphatic heterocycles. The van der Waals surface area contributed by atoms with Crippen LogP contribution in [0.3, 0.4) is 0 Å². The smallest absolute Gasteiger partial charge is 0.254 e. The highest BCUT2D eigenvalue weighted by molar-refractivity contribution is 5.98. The molecule has 1 amide bonds. The van der Waals surface area contributed by atoms with Crippen molar-refractivity contribution in [3.8, 4) is 5.88 Å². The third-order valence-electron chi connectivity index (χ3n) is 4.98. The lowest BCUT2D eigenvalue weighted by atomic mass is 10.1. The third-order valence-corrected chi connectivity index (χ3v) is 4.98. The van der Waals surface area contributed by atoms with E-state index >= 15 is 0 Å². The molecule has 2 aromatic carbocycles. The average molecular weight is 368 g/mol. The largest absolute Gasteiger partial charge is 0.481 e. The van der Waals surface area contributed by atoms with Crippen molar-refractivity contribution in [3.63, 3.8) is 0 Å². The van der Waals surface area contributed by atoms with Crippen LogP contribution in [0.25, 0.3) is 10.9 Å². The van der Waals surface area contributed by atoms with Crippen molar-refractivity contribution in [1.82, 2.24) is 14.7 Å². The molecule has 140 valence electrons. The van der Waals surface area contributed by atoms with E-state index < -0.39 is 0 Å². The maximum atomic E-state index is 13.1. The van der Waals surface area contributed by atoms with Gasteiger partial charge in [-0.15, -0.1) is 0 Å². The Bertz CT molecular complexity index is 976. The summed E-state index contributed by atoms with van der Waals surface area (Å²) in [6.07, 6.45) is 0. The molecule has 0 aliphatic carbocycles. The van der Waals surface area contributed by atoms with Crippen LogP contribution in [0.5, 0.6) is 5.88 Å². The zero-order chi connectivity index (χ0) is 19.0. The van der Waals surface area contributed by atoms with E-state index in [4.69, 9.17) is 4.74 Å². The van der Waals surface area contributed by atoms with E-state index in [1.165, 1.54) is 12.1 Å². The minimum Gasteiger partial charge on any atom is -0.481 e. The predicted octanol–water partition coefficient (Wildman–Crippen LogP) is 2.68. The first kappa shape index (κ1) is 17.3. The van der Waals surface area contributed by atoms with Gasteiger partial charge in [-0.3, -0.25) is 4.79 Å². The SMILES string of the molecule is COc1c2ccc(C(=O)N3CCN(c4ccc(F)cc4)CC3)cc2nn1C. The Labute approximate surface area is 156 Å². The van der Waals surface area contributed by atoms with Gasteiger partial charge in [0, 0.05) is 44.5 Å². The molecule has 1 aromatic heterocycles. The van der Waals surface area contributed by atoms with Crippen molar-refractivity contribution in [3.05, 3.63) is 53.8 Å². The first-order valence-corrected chi connectivity index (χ1v) is 8.87. The molecule has 1 aliphatic rings. The summed E-state index contributed by atoms with van der Waals surface area (Å²) in [4.78, 5) is 16.9. The van der Waals surface area contributed by atoms with E-state index in [0.29, 0.717) is 24.5 Å². The number of hydrogen-bond donors (Lipinski definition) is 0. The molecule has 0 bridgehead atoms. The summed E-state index contributed by atoms with van der Waals surface area (Å²) < 4.78 is 20.1. The number of aromatic nitrogens is 2. The molecule has 2 heterocycles. The standard InChI is InChI=1S/C20H21FN4O2/c1-23-20(27-2)17-8-3-14(13-18(17)22-23)19(26)25-11-9-24(10-12-25)16-6-4-15(21)5-7-16/h3-8,13H,9-12H2,1-2H3. The van der Waals surface area contributed by atoms with Crippen LogP contribution < -0.4 is 9.64 Å². The monoisotopic (exact) mass is 368 g/mol. The minimum atomic E-state index is -0.242. The van der Waals surface area contributed by atoms with Crippen LogP contribution in [-0.4, -0.2) is 53.9 Å². The highest BCUT2D eigenvalue weighted by atomic mass is 19.1. The Kier molecular flexibility index (Phi) is 4.43.